The third kappa shape index (κ3) is 2.16. The number of rotatable bonds is 0. The molecular weight excluding hydrogens is 91.0 g/mol. The Kier molecular flexibility index (Phi) is 4.72. The van der Waals surface area contributed by atoms with Gasteiger partial charge in [0.05, 0.1) is 13.2 Å². The summed E-state index contributed by atoms with van der Waals surface area (Å²) in [6.07, 6.45) is 0. The van der Waals surface area contributed by atoms with E-state index in [0.29, 0.717) is 6.79 Å². The molecule has 1 aliphatic heterocycles. The van der Waals surface area contributed by atoms with E-state index in [1.165, 1.54) is 0 Å². The van der Waals surface area contributed by atoms with Gasteiger partial charge in [0.1, 0.15) is 6.79 Å². The van der Waals surface area contributed by atoms with Gasteiger partial charge >= 0.3 is 0 Å². The van der Waals surface area contributed by atoms with Crippen LogP contribution in [0.1, 0.15) is 0 Å². The van der Waals surface area contributed by atoms with Crippen molar-refractivity contribution in [1.29, 1.82) is 0 Å². The molecule has 0 aliphatic carbocycles. The first-order valence-corrected chi connectivity index (χ1v) is 1.65. The zero-order valence-electron chi connectivity index (χ0n) is 3.94. The molecular formula is C3H6NaO2. The Balaban J connectivity index is 0.000000250. The van der Waals surface area contributed by atoms with Crippen LogP contribution in [0, 0.1) is 0 Å². The van der Waals surface area contributed by atoms with Gasteiger partial charge in [0.25, 0.3) is 0 Å². The van der Waals surface area contributed by atoms with Gasteiger partial charge in [0.2, 0.25) is 0 Å². The fraction of sp³-hybridized carbons (Fsp3) is 1.00. The molecule has 31 valence electrons. The quantitative estimate of drug-likeness (QED) is 0.383. The van der Waals surface area contributed by atoms with Crippen LogP contribution in [0.2, 0.25) is 0 Å². The summed E-state index contributed by atoms with van der Waals surface area (Å²) in [5, 5.41) is 0. The average Bonchev–Trinajstić information content (AvgIpc) is 1.76. The predicted molar refractivity (Wildman–Crippen MR) is 22.5 cm³/mol. The molecule has 1 radical (unpaired) electrons. The van der Waals surface area contributed by atoms with Crippen molar-refractivity contribution in [3.63, 3.8) is 0 Å². The summed E-state index contributed by atoms with van der Waals surface area (Å²) in [6.45, 7) is 2.06. The van der Waals surface area contributed by atoms with E-state index in [1.807, 2.05) is 0 Å². The Morgan fingerprint density at radius 2 is 1.50 bits per heavy atom. The second-order valence-corrected chi connectivity index (χ2v) is 0.934. The third-order valence-electron chi connectivity index (χ3n) is 0.539. The van der Waals surface area contributed by atoms with Crippen LogP contribution in [-0.2, 0) is 9.47 Å². The van der Waals surface area contributed by atoms with Crippen LogP contribution < -0.4 is 0 Å². The Hall–Kier alpha value is 0.920. The molecule has 0 aromatic carbocycles. The Bertz CT molecular complexity index is 20.4. The summed E-state index contributed by atoms with van der Waals surface area (Å²) >= 11 is 0. The maximum atomic E-state index is 4.72. The summed E-state index contributed by atoms with van der Waals surface area (Å²) in [5.41, 5.74) is 0. The molecule has 3 heteroatoms. The van der Waals surface area contributed by atoms with Gasteiger partial charge in [-0.2, -0.15) is 0 Å². The van der Waals surface area contributed by atoms with Gasteiger partial charge in [-0.3, -0.25) is 0 Å². The van der Waals surface area contributed by atoms with Crippen LogP contribution in [0.25, 0.3) is 0 Å². The second-order valence-electron chi connectivity index (χ2n) is 0.934. The van der Waals surface area contributed by atoms with E-state index < -0.39 is 0 Å². The molecule has 0 spiro atoms. The van der Waals surface area contributed by atoms with Crippen molar-refractivity contribution in [3.8, 4) is 0 Å². The van der Waals surface area contributed by atoms with Gasteiger partial charge in [-0.1, -0.05) is 0 Å². The smallest absolute Gasteiger partial charge is 0.146 e. The summed E-state index contributed by atoms with van der Waals surface area (Å²) < 4.78 is 9.44. The fourth-order valence-corrected chi connectivity index (χ4v) is 0.295. The van der Waals surface area contributed by atoms with Crippen molar-refractivity contribution in [2.45, 2.75) is 0 Å². The van der Waals surface area contributed by atoms with E-state index in [4.69, 9.17) is 9.47 Å². The maximum Gasteiger partial charge on any atom is 0.146 e. The molecule has 0 aromatic rings. The number of ether oxygens (including phenoxy) is 2. The largest absolute Gasteiger partial charge is 0.353 e. The molecule has 0 atom stereocenters. The molecule has 2 nitrogen and oxygen atoms in total. The standard InChI is InChI=1S/C3H6O2.Na/c1-2-5-3-4-1;/h1-3H2;. The molecule has 0 N–H and O–H groups in total. The van der Waals surface area contributed by atoms with Gasteiger partial charge in [0.15, 0.2) is 0 Å². The van der Waals surface area contributed by atoms with Crippen LogP contribution in [-0.4, -0.2) is 49.6 Å². The molecule has 6 heavy (non-hydrogen) atoms. The molecule has 0 aromatic heterocycles. The predicted octanol–water partition coefficient (Wildman–Crippen LogP) is -0.390. The average molecular weight is 97.1 g/mol. The maximum absolute atomic E-state index is 4.72. The van der Waals surface area contributed by atoms with Gasteiger partial charge in [-0.05, 0) is 0 Å². The summed E-state index contributed by atoms with van der Waals surface area (Å²) in [4.78, 5) is 0. The van der Waals surface area contributed by atoms with Crippen LogP contribution in [0.3, 0.4) is 0 Å². The van der Waals surface area contributed by atoms with Crippen LogP contribution >= 0.6 is 0 Å². The monoisotopic (exact) mass is 97.0 g/mol. The van der Waals surface area contributed by atoms with E-state index in [2.05, 4.69) is 0 Å². The van der Waals surface area contributed by atoms with Crippen LogP contribution in [0.4, 0.5) is 0 Å². The summed E-state index contributed by atoms with van der Waals surface area (Å²) in [7, 11) is 0. The molecule has 1 fully saturated rings. The molecule has 1 rings (SSSR count). The Morgan fingerprint density at radius 3 is 1.67 bits per heavy atom. The van der Waals surface area contributed by atoms with Gasteiger partial charge in [-0.15, -0.1) is 0 Å². The molecule has 1 saturated heterocycles. The molecule has 1 heterocycles. The Labute approximate surface area is 59.1 Å². The summed E-state index contributed by atoms with van der Waals surface area (Å²) in [5.74, 6) is 0. The number of hydrogen-bond donors (Lipinski definition) is 0. The second kappa shape index (κ2) is 4.09. The van der Waals surface area contributed by atoms with Crippen molar-refractivity contribution < 1.29 is 9.47 Å². The van der Waals surface area contributed by atoms with Crippen molar-refractivity contribution in [2.75, 3.05) is 20.0 Å². The molecule has 0 saturated carbocycles. The molecule has 0 bridgehead atoms. The zero-order valence-corrected chi connectivity index (χ0v) is 5.94. The first kappa shape index (κ1) is 6.92. The zero-order chi connectivity index (χ0) is 3.54. The Morgan fingerprint density at radius 1 is 1.00 bits per heavy atom. The summed E-state index contributed by atoms with van der Waals surface area (Å²) in [6, 6.07) is 0. The normalized spacial score (nSPS) is 20.0. The first-order chi connectivity index (χ1) is 2.50. The van der Waals surface area contributed by atoms with E-state index in [-0.39, 0.29) is 29.6 Å². The van der Waals surface area contributed by atoms with Crippen molar-refractivity contribution >= 4 is 29.6 Å². The van der Waals surface area contributed by atoms with Crippen LogP contribution in [0.15, 0.2) is 0 Å². The molecule has 0 amide bonds. The minimum Gasteiger partial charge on any atom is -0.353 e. The minimum absolute atomic E-state index is 0. The van der Waals surface area contributed by atoms with Crippen molar-refractivity contribution in [2.24, 2.45) is 0 Å². The van der Waals surface area contributed by atoms with E-state index in [0.717, 1.165) is 13.2 Å². The third-order valence-corrected chi connectivity index (χ3v) is 0.539. The van der Waals surface area contributed by atoms with Crippen molar-refractivity contribution in [1.82, 2.24) is 0 Å². The van der Waals surface area contributed by atoms with Gasteiger partial charge in [0, 0.05) is 29.6 Å². The molecule has 1 aliphatic rings. The fourth-order valence-electron chi connectivity index (χ4n) is 0.295. The topological polar surface area (TPSA) is 18.5 Å². The first-order valence-electron chi connectivity index (χ1n) is 1.65. The van der Waals surface area contributed by atoms with E-state index in [1.54, 1.807) is 0 Å². The minimum atomic E-state index is 0. The van der Waals surface area contributed by atoms with E-state index in [9.17, 15) is 0 Å². The van der Waals surface area contributed by atoms with E-state index >= 15 is 0 Å². The van der Waals surface area contributed by atoms with Gasteiger partial charge < -0.3 is 9.47 Å². The van der Waals surface area contributed by atoms with Gasteiger partial charge in [-0.25, -0.2) is 0 Å². The van der Waals surface area contributed by atoms with Crippen molar-refractivity contribution in [3.05, 3.63) is 0 Å². The number of hydrogen-bond acceptors (Lipinski definition) is 2. The molecule has 0 unspecified atom stereocenters. The van der Waals surface area contributed by atoms with Crippen LogP contribution in [0.5, 0.6) is 0 Å². The SMILES string of the molecule is C1COCO1.[Na].